The van der Waals surface area contributed by atoms with Crippen LogP contribution in [-0.4, -0.2) is 105 Å². The molecule has 0 aromatic rings. The Kier molecular flexibility index (Phi) is 31.9. The van der Waals surface area contributed by atoms with Gasteiger partial charge in [-0.1, -0.05) is 192 Å². The average molecular weight is 1290 g/mol. The summed E-state index contributed by atoms with van der Waals surface area (Å²) in [7, 11) is -9.28. The third-order valence-corrected chi connectivity index (χ3v) is 38.0. The van der Waals surface area contributed by atoms with Crippen molar-refractivity contribution in [1.82, 2.24) is 0 Å². The highest BCUT2D eigenvalue weighted by Crippen LogP contribution is 2.46. The van der Waals surface area contributed by atoms with Gasteiger partial charge in [0.25, 0.3) is 0 Å². The van der Waals surface area contributed by atoms with E-state index in [0.717, 1.165) is 11.1 Å². The van der Waals surface area contributed by atoms with Gasteiger partial charge >= 0.3 is 11.9 Å². The predicted octanol–water partition coefficient (Wildman–Crippen LogP) is 18.8. The Morgan fingerprint density at radius 1 is 0.759 bits per heavy atom. The fourth-order valence-electron chi connectivity index (χ4n) is 9.42. The van der Waals surface area contributed by atoms with Crippen LogP contribution in [0.3, 0.4) is 0 Å². The summed E-state index contributed by atoms with van der Waals surface area (Å²) in [6.45, 7) is 71.7. The monoisotopic (exact) mass is 1290 g/mol. The van der Waals surface area contributed by atoms with E-state index in [9.17, 15) is 28.8 Å². The number of ether oxygens (including phenoxy) is 2. The second kappa shape index (κ2) is 33.0. The van der Waals surface area contributed by atoms with E-state index in [-0.39, 0.29) is 80.2 Å². The molecule has 0 fully saturated rings. The summed E-state index contributed by atoms with van der Waals surface area (Å²) < 4.78 is 39.2. The minimum absolute atomic E-state index is 0.00857. The molecule has 10 atom stereocenters. The van der Waals surface area contributed by atoms with Gasteiger partial charge in [0.1, 0.15) is 11.6 Å². The molecule has 0 radical (unpaired) electrons. The molecule has 0 aromatic heterocycles. The third-order valence-electron chi connectivity index (χ3n) is 20.1. The van der Waals surface area contributed by atoms with Gasteiger partial charge in [0.05, 0.1) is 37.3 Å². The van der Waals surface area contributed by atoms with E-state index in [4.69, 9.17) is 27.2 Å². The highest BCUT2D eigenvalue weighted by molar-refractivity contribution is 6.75. The summed E-state index contributed by atoms with van der Waals surface area (Å²) in [5.74, 6) is -2.38. The van der Waals surface area contributed by atoms with Gasteiger partial charge in [-0.15, -0.1) is 6.58 Å². The van der Waals surface area contributed by atoms with Crippen molar-refractivity contribution in [3.63, 3.8) is 0 Å². The first kappa shape index (κ1) is 84.0. The Bertz CT molecular complexity index is 2430. The van der Waals surface area contributed by atoms with Crippen LogP contribution in [0.1, 0.15) is 212 Å². The highest BCUT2D eigenvalue weighted by atomic mass is 28.4. The van der Waals surface area contributed by atoms with Gasteiger partial charge in [0.15, 0.2) is 57.0 Å². The number of Topliss-reactive ketones (excluding diaryl/α,β-unsaturated/α-hetero) is 4. The van der Waals surface area contributed by atoms with E-state index >= 15 is 0 Å². The third kappa shape index (κ3) is 25.2. The Labute approximate surface area is 537 Å². The maximum absolute atomic E-state index is 14.6. The van der Waals surface area contributed by atoms with Crippen LogP contribution in [0.4, 0.5) is 0 Å². The standard InChI is InChI=1S/C37H68O6Si2.C34H62O6Si2/c1-19-21-26(3)23-24-30(29(6)38)41-32(39)25-31(42-44(15,16)35(7,8)9)37(13,14)34(40)28(5)33(27(4)22-20-2)43-45(17,18)36(10,11)12;1-23-18-17-19-24(2)30(40-42(15,16)33(8,9)10)25(3)31(37)34(11,12)28(39-41(13,14)32(5,6)7)22-29(36)38-27(21-20-23)26(4)35/h19-20,22-23,27-28,30-31,33H,1,21,24-25H2,2-18H3;17,19-20,24-25,27-28,30H,18,21-22H2,1-16H3/b22-20+,26-23-;19-17+,23-20-/t27-,28+,30-,31-,33-;24-,25+,27-,28-,30-/m00/s1. The first-order chi connectivity index (χ1) is 38.9. The molecule has 0 bridgehead atoms. The van der Waals surface area contributed by atoms with E-state index in [1.54, 1.807) is 6.08 Å². The molecule has 0 unspecified atom stereocenters. The summed E-state index contributed by atoms with van der Waals surface area (Å²) in [5.41, 5.74) is 0.0872. The largest absolute Gasteiger partial charge is 0.454 e. The quantitative estimate of drug-likeness (QED) is 0.0542. The van der Waals surface area contributed by atoms with Crippen molar-refractivity contribution in [2.45, 2.75) is 321 Å². The number of allylic oxidation sites excluding steroid dienone is 5. The fraction of sp³-hybridized carbons (Fsp3) is 0.775. The van der Waals surface area contributed by atoms with E-state index in [1.165, 1.54) is 13.8 Å². The Balaban J connectivity index is 0.00000170. The van der Waals surface area contributed by atoms with Crippen molar-refractivity contribution in [3.05, 3.63) is 60.3 Å². The van der Waals surface area contributed by atoms with Gasteiger partial charge < -0.3 is 27.2 Å². The zero-order valence-corrected chi connectivity index (χ0v) is 65.7. The maximum atomic E-state index is 14.6. The Morgan fingerprint density at radius 2 is 1.24 bits per heavy atom. The smallest absolute Gasteiger partial charge is 0.309 e. The van der Waals surface area contributed by atoms with Crippen LogP contribution < -0.4 is 0 Å². The van der Waals surface area contributed by atoms with Crippen LogP contribution in [0.25, 0.3) is 0 Å². The molecule has 0 spiro atoms. The van der Waals surface area contributed by atoms with Crippen LogP contribution in [-0.2, 0) is 55.9 Å². The van der Waals surface area contributed by atoms with Crippen molar-refractivity contribution in [2.24, 2.45) is 34.5 Å². The molecule has 1 heterocycles. The fourth-order valence-corrected chi connectivity index (χ4v) is 15.2. The molecule has 16 heteroatoms. The minimum Gasteiger partial charge on any atom is -0.454 e. The van der Waals surface area contributed by atoms with Gasteiger partial charge in [-0.25, -0.2) is 0 Å². The van der Waals surface area contributed by atoms with Crippen molar-refractivity contribution in [2.75, 3.05) is 0 Å². The minimum atomic E-state index is -2.43. The Hall–Kier alpha value is -2.97. The lowest BCUT2D eigenvalue weighted by Gasteiger charge is -2.46. The van der Waals surface area contributed by atoms with Gasteiger partial charge in [-0.3, -0.25) is 28.8 Å². The molecule has 12 nitrogen and oxygen atoms in total. The normalized spacial score (nSPS) is 23.4. The lowest BCUT2D eigenvalue weighted by molar-refractivity contribution is -0.159. The molecule has 1 aliphatic heterocycles. The van der Waals surface area contributed by atoms with E-state index < -0.39 is 92.3 Å². The van der Waals surface area contributed by atoms with Crippen LogP contribution >= 0.6 is 0 Å². The number of esters is 2. The van der Waals surface area contributed by atoms with Crippen LogP contribution in [0.15, 0.2) is 60.3 Å². The molecule has 0 amide bonds. The van der Waals surface area contributed by atoms with Gasteiger partial charge in [-0.05, 0) is 132 Å². The van der Waals surface area contributed by atoms with Crippen molar-refractivity contribution >= 4 is 68.3 Å². The first-order valence-electron chi connectivity index (χ1n) is 32.3. The number of ketones is 4. The maximum Gasteiger partial charge on any atom is 0.309 e. The second-order valence-electron chi connectivity index (χ2n) is 32.7. The zero-order valence-electron chi connectivity index (χ0n) is 61.7. The lowest BCUT2D eigenvalue weighted by Crippen LogP contribution is -2.54. The predicted molar refractivity (Wildman–Crippen MR) is 373 cm³/mol. The van der Waals surface area contributed by atoms with E-state index in [0.29, 0.717) is 25.7 Å². The zero-order chi connectivity index (χ0) is 68.8. The van der Waals surface area contributed by atoms with Gasteiger partial charge in [0, 0.05) is 35.5 Å². The lowest BCUT2D eigenvalue weighted by atomic mass is 9.73. The molecule has 502 valence electrons. The van der Waals surface area contributed by atoms with Crippen molar-refractivity contribution in [1.29, 1.82) is 0 Å². The summed E-state index contributed by atoms with van der Waals surface area (Å²) in [6, 6.07) is 0. The number of hydrogen-bond acceptors (Lipinski definition) is 12. The first-order valence-corrected chi connectivity index (χ1v) is 43.9. The molecular weight excluding hydrogens is 1160 g/mol. The summed E-state index contributed by atoms with van der Waals surface area (Å²) in [5, 5.41) is -0.323. The van der Waals surface area contributed by atoms with Crippen LogP contribution in [0.5, 0.6) is 0 Å². The number of carbonyl (C=O) groups excluding carboxylic acids is 6. The van der Waals surface area contributed by atoms with Crippen molar-refractivity contribution in [3.8, 4) is 0 Å². The van der Waals surface area contributed by atoms with Crippen LogP contribution in [0, 0.1) is 34.5 Å². The average Bonchev–Trinajstić information content (AvgIpc) is 1.20. The number of cyclic esters (lactones) is 1. The molecular formula is C71H130O12Si4. The molecule has 1 rings (SSSR count). The number of carbonyl (C=O) groups is 6. The highest BCUT2D eigenvalue weighted by Gasteiger charge is 2.52. The second-order valence-corrected chi connectivity index (χ2v) is 51.7. The summed E-state index contributed by atoms with van der Waals surface area (Å²) in [4.78, 5) is 80.9. The van der Waals surface area contributed by atoms with E-state index in [2.05, 4.69) is 174 Å². The summed E-state index contributed by atoms with van der Waals surface area (Å²) in [6.07, 6.45) is 12.0. The van der Waals surface area contributed by atoms with E-state index in [1.807, 2.05) is 80.5 Å². The molecule has 87 heavy (non-hydrogen) atoms. The molecule has 0 N–H and O–H groups in total. The topological polar surface area (TPSA) is 158 Å². The summed E-state index contributed by atoms with van der Waals surface area (Å²) >= 11 is 0. The van der Waals surface area contributed by atoms with Gasteiger partial charge in [-0.2, -0.15) is 0 Å². The van der Waals surface area contributed by atoms with Crippen molar-refractivity contribution < 1.29 is 55.9 Å². The van der Waals surface area contributed by atoms with Crippen LogP contribution in [0.2, 0.25) is 72.5 Å². The molecule has 1 aliphatic rings. The molecule has 0 saturated carbocycles. The number of hydrogen-bond donors (Lipinski definition) is 0. The molecule has 0 aromatic carbocycles. The molecule has 0 aliphatic carbocycles. The SMILES string of the molecule is C=CC/C(C)=C\C[C@H](OC(=O)C[C@H](O[Si](C)(C)C(C)(C)C)C(C)(C)C(=O)[C@H](C)[C@@H](O[Si](C)(C)C(C)(C)C)[C@@H](C)/C=C/C)C(C)=O.CC(=O)[C@@H]1C/C=C(/C)C/C=C/[C@H](C)[C@H](O[Si](C)(C)C(C)(C)C)[C@@H](C)C(=O)C(C)(C)[C@@H](O[Si](C)(C)C(C)(C)C)CC(=O)O1. The molecule has 0 saturated heterocycles. The number of rotatable bonds is 23. The Morgan fingerprint density at radius 3 is 1.69 bits per heavy atom. The van der Waals surface area contributed by atoms with Gasteiger partial charge in [0.2, 0.25) is 0 Å².